The fraction of sp³-hybridized carbons (Fsp3) is 0.360. The molecule has 1 aliphatic heterocycles. The molecule has 1 N–H and O–H groups in total. The number of likely N-dealkylation sites (tertiary alicyclic amines) is 1. The zero-order valence-corrected chi connectivity index (χ0v) is 18.1. The van der Waals surface area contributed by atoms with E-state index in [-0.39, 0.29) is 12.1 Å². The first kappa shape index (κ1) is 21.1. The highest BCUT2D eigenvalue weighted by atomic mass is 16.6. The Balaban J connectivity index is 1.70. The lowest BCUT2D eigenvalue weighted by Crippen LogP contribution is -2.36. The van der Waals surface area contributed by atoms with Gasteiger partial charge in [0.15, 0.2) is 5.60 Å². The Hall–Kier alpha value is -3.12. The van der Waals surface area contributed by atoms with Crippen molar-refractivity contribution in [3.05, 3.63) is 89.6 Å². The molecule has 3 aromatic rings. The molecule has 1 aliphatic rings. The summed E-state index contributed by atoms with van der Waals surface area (Å²) >= 11 is 0. The van der Waals surface area contributed by atoms with Crippen LogP contribution in [0.2, 0.25) is 0 Å². The number of nitrogens with zero attached hydrogens (tertiary/aromatic N) is 2. The number of hydrogen-bond acceptors (Lipinski definition) is 5. The minimum Gasteiger partial charge on any atom is -0.446 e. The van der Waals surface area contributed by atoms with Gasteiger partial charge in [-0.2, -0.15) is 0 Å². The highest BCUT2D eigenvalue weighted by molar-refractivity contribution is 5.69. The first-order valence-electron chi connectivity index (χ1n) is 10.6. The predicted octanol–water partition coefficient (Wildman–Crippen LogP) is 5.03. The maximum absolute atomic E-state index is 12.7. The average molecular weight is 421 g/mol. The van der Waals surface area contributed by atoms with Crippen LogP contribution in [0.15, 0.2) is 71.3 Å². The molecule has 4 rings (SSSR count). The SMILES string of the molecule is CC(C)(C)OC(=O)N1CCC[C@@H]1c1nc(C(O)(c2ccccc2)c2ccccc2)co1. The van der Waals surface area contributed by atoms with Crippen molar-refractivity contribution >= 4 is 6.09 Å². The predicted molar refractivity (Wildman–Crippen MR) is 116 cm³/mol. The molecule has 162 valence electrons. The molecule has 0 aliphatic carbocycles. The van der Waals surface area contributed by atoms with Gasteiger partial charge in [0.05, 0.1) is 0 Å². The number of carbonyl (C=O) groups is 1. The van der Waals surface area contributed by atoms with Gasteiger partial charge < -0.3 is 14.3 Å². The van der Waals surface area contributed by atoms with Gasteiger partial charge in [0.2, 0.25) is 5.89 Å². The van der Waals surface area contributed by atoms with Crippen LogP contribution in [0.25, 0.3) is 0 Å². The Morgan fingerprint density at radius 2 is 1.65 bits per heavy atom. The first-order chi connectivity index (χ1) is 14.8. The van der Waals surface area contributed by atoms with Gasteiger partial charge in [-0.25, -0.2) is 9.78 Å². The summed E-state index contributed by atoms with van der Waals surface area (Å²) in [6.45, 7) is 6.12. The molecule has 1 aromatic heterocycles. The van der Waals surface area contributed by atoms with Crippen LogP contribution in [0.1, 0.15) is 62.4 Å². The third-order valence-corrected chi connectivity index (χ3v) is 5.44. The second kappa shape index (κ2) is 8.19. The molecule has 1 atom stereocenters. The van der Waals surface area contributed by atoms with Crippen molar-refractivity contribution in [3.8, 4) is 0 Å². The second-order valence-electron chi connectivity index (χ2n) is 8.85. The van der Waals surface area contributed by atoms with E-state index in [0.717, 1.165) is 12.8 Å². The summed E-state index contributed by atoms with van der Waals surface area (Å²) in [5.74, 6) is 0.406. The van der Waals surface area contributed by atoms with E-state index in [1.54, 1.807) is 4.90 Å². The molecule has 6 nitrogen and oxygen atoms in total. The van der Waals surface area contributed by atoms with Crippen molar-refractivity contribution in [2.75, 3.05) is 6.54 Å². The Labute approximate surface area is 182 Å². The van der Waals surface area contributed by atoms with Crippen molar-refractivity contribution in [1.29, 1.82) is 0 Å². The van der Waals surface area contributed by atoms with Crippen molar-refractivity contribution in [2.24, 2.45) is 0 Å². The molecular formula is C25H28N2O4. The zero-order chi connectivity index (χ0) is 22.1. The van der Waals surface area contributed by atoms with E-state index in [9.17, 15) is 9.90 Å². The normalized spacial score (nSPS) is 17.0. The van der Waals surface area contributed by atoms with Crippen LogP contribution in [0.4, 0.5) is 4.79 Å². The Kier molecular flexibility index (Phi) is 5.58. The summed E-state index contributed by atoms with van der Waals surface area (Å²) in [5, 5.41) is 11.9. The molecule has 2 heterocycles. The molecule has 0 saturated carbocycles. The fourth-order valence-electron chi connectivity index (χ4n) is 3.99. The van der Waals surface area contributed by atoms with Crippen molar-refractivity contribution in [2.45, 2.75) is 50.9 Å². The van der Waals surface area contributed by atoms with Crippen LogP contribution in [0, 0.1) is 0 Å². The minimum atomic E-state index is -1.47. The van der Waals surface area contributed by atoms with E-state index in [2.05, 4.69) is 4.98 Å². The quantitative estimate of drug-likeness (QED) is 0.641. The molecule has 6 heteroatoms. The summed E-state index contributed by atoms with van der Waals surface area (Å²) in [6, 6.07) is 18.5. The van der Waals surface area contributed by atoms with E-state index in [4.69, 9.17) is 9.15 Å². The summed E-state index contributed by atoms with van der Waals surface area (Å²) in [7, 11) is 0. The highest BCUT2D eigenvalue weighted by Gasteiger charge is 2.40. The van der Waals surface area contributed by atoms with Crippen molar-refractivity contribution in [3.63, 3.8) is 0 Å². The van der Waals surface area contributed by atoms with Crippen LogP contribution >= 0.6 is 0 Å². The molecule has 2 aromatic carbocycles. The Morgan fingerprint density at radius 1 is 1.06 bits per heavy atom. The van der Waals surface area contributed by atoms with Gasteiger partial charge >= 0.3 is 6.09 Å². The van der Waals surface area contributed by atoms with Crippen LogP contribution in [0.3, 0.4) is 0 Å². The van der Waals surface area contributed by atoms with Crippen LogP contribution in [-0.2, 0) is 10.3 Å². The second-order valence-corrected chi connectivity index (χ2v) is 8.85. The fourth-order valence-corrected chi connectivity index (χ4v) is 3.99. The number of aliphatic hydroxyl groups is 1. The largest absolute Gasteiger partial charge is 0.446 e. The minimum absolute atomic E-state index is 0.320. The number of aromatic nitrogens is 1. The van der Waals surface area contributed by atoms with Crippen molar-refractivity contribution in [1.82, 2.24) is 9.88 Å². The number of amides is 1. The van der Waals surface area contributed by atoms with Crippen LogP contribution < -0.4 is 0 Å². The van der Waals surface area contributed by atoms with Crippen LogP contribution in [0.5, 0.6) is 0 Å². The summed E-state index contributed by atoms with van der Waals surface area (Å²) < 4.78 is 11.4. The van der Waals surface area contributed by atoms with Crippen LogP contribution in [-0.4, -0.2) is 33.2 Å². The molecule has 0 bridgehead atoms. The molecule has 1 saturated heterocycles. The van der Waals surface area contributed by atoms with E-state index >= 15 is 0 Å². The molecule has 0 radical (unpaired) electrons. The number of oxazole rings is 1. The monoisotopic (exact) mass is 420 g/mol. The van der Waals surface area contributed by atoms with Gasteiger partial charge in [-0.15, -0.1) is 0 Å². The standard InChI is InChI=1S/C25H28N2O4/c1-24(2,3)31-23(28)27-16-10-15-20(27)22-26-21(17-30-22)25(29,18-11-6-4-7-12-18)19-13-8-5-9-14-19/h4-9,11-14,17,20,29H,10,15-16H2,1-3H3/t20-/m1/s1. The molecule has 1 fully saturated rings. The lowest BCUT2D eigenvalue weighted by molar-refractivity contribution is 0.0204. The van der Waals surface area contributed by atoms with E-state index in [1.165, 1.54) is 6.26 Å². The smallest absolute Gasteiger partial charge is 0.410 e. The van der Waals surface area contributed by atoms with Gasteiger partial charge in [-0.3, -0.25) is 4.90 Å². The highest BCUT2D eigenvalue weighted by Crippen LogP contribution is 2.39. The van der Waals surface area contributed by atoms with Gasteiger partial charge in [-0.05, 0) is 44.7 Å². The van der Waals surface area contributed by atoms with E-state index in [1.807, 2.05) is 81.4 Å². The van der Waals surface area contributed by atoms with Gasteiger partial charge in [0.1, 0.15) is 23.6 Å². The Bertz CT molecular complexity index is 985. The first-order valence-corrected chi connectivity index (χ1v) is 10.6. The maximum atomic E-state index is 12.7. The summed E-state index contributed by atoms with van der Waals surface area (Å²) in [5.41, 5.74) is -0.282. The van der Waals surface area contributed by atoms with Gasteiger partial charge in [-0.1, -0.05) is 60.7 Å². The molecular weight excluding hydrogens is 392 g/mol. The van der Waals surface area contributed by atoms with E-state index in [0.29, 0.717) is 29.3 Å². The number of benzene rings is 2. The van der Waals surface area contributed by atoms with Gasteiger partial charge in [0.25, 0.3) is 0 Å². The molecule has 0 spiro atoms. The molecule has 1 amide bonds. The molecule has 31 heavy (non-hydrogen) atoms. The Morgan fingerprint density at radius 3 is 2.19 bits per heavy atom. The van der Waals surface area contributed by atoms with Gasteiger partial charge in [0, 0.05) is 6.54 Å². The zero-order valence-electron chi connectivity index (χ0n) is 18.1. The topological polar surface area (TPSA) is 75.8 Å². The number of hydrogen-bond donors (Lipinski definition) is 1. The van der Waals surface area contributed by atoms with E-state index < -0.39 is 11.2 Å². The lowest BCUT2D eigenvalue weighted by Gasteiger charge is -2.28. The maximum Gasteiger partial charge on any atom is 0.410 e. The lowest BCUT2D eigenvalue weighted by atomic mass is 9.84. The third kappa shape index (κ3) is 4.21. The summed E-state index contributed by atoms with van der Waals surface area (Å²) in [4.78, 5) is 19.0. The third-order valence-electron chi connectivity index (χ3n) is 5.44. The summed E-state index contributed by atoms with van der Waals surface area (Å²) in [6.07, 6.45) is 2.68. The number of rotatable bonds is 4. The molecule has 0 unspecified atom stereocenters. The number of carbonyl (C=O) groups excluding carboxylic acids is 1. The number of ether oxygens (including phenoxy) is 1. The van der Waals surface area contributed by atoms with Crippen molar-refractivity contribution < 1.29 is 19.1 Å². The average Bonchev–Trinajstić information content (AvgIpc) is 3.43.